The Morgan fingerprint density at radius 1 is 1.24 bits per heavy atom. The summed E-state index contributed by atoms with van der Waals surface area (Å²) in [7, 11) is 0. The third kappa shape index (κ3) is 3.41. The van der Waals surface area contributed by atoms with Crippen molar-refractivity contribution < 1.29 is 4.39 Å². The number of nitrogens with zero attached hydrogens (tertiary/aromatic N) is 1. The maximum absolute atomic E-state index is 13.6. The van der Waals surface area contributed by atoms with Gasteiger partial charge in [-0.2, -0.15) is 5.26 Å². The monoisotopic (exact) mass is 300 g/mol. The Hall–Kier alpha value is -1.89. The van der Waals surface area contributed by atoms with Gasteiger partial charge in [0.2, 0.25) is 0 Å². The van der Waals surface area contributed by atoms with E-state index in [0.29, 0.717) is 28.7 Å². The van der Waals surface area contributed by atoms with E-state index in [0.717, 1.165) is 11.1 Å². The van der Waals surface area contributed by atoms with E-state index in [4.69, 9.17) is 16.9 Å². The largest absolute Gasteiger partial charge is 0.310 e. The molecule has 1 N–H and O–H groups in total. The van der Waals surface area contributed by atoms with Gasteiger partial charge >= 0.3 is 0 Å². The van der Waals surface area contributed by atoms with Gasteiger partial charge in [-0.15, -0.1) is 0 Å². The summed E-state index contributed by atoms with van der Waals surface area (Å²) in [5.41, 5.74) is 2.95. The second-order valence-corrected chi connectivity index (χ2v) is 5.73. The number of halogens is 2. The van der Waals surface area contributed by atoms with Crippen molar-refractivity contribution in [2.24, 2.45) is 0 Å². The first kappa shape index (κ1) is 14.1. The summed E-state index contributed by atoms with van der Waals surface area (Å²) in [5.74, 6) is -0.403. The predicted molar refractivity (Wildman–Crippen MR) is 81.4 cm³/mol. The van der Waals surface area contributed by atoms with Gasteiger partial charge in [-0.25, -0.2) is 4.39 Å². The average molecular weight is 301 g/mol. The smallest absolute Gasteiger partial charge is 0.125 e. The SMILES string of the molecule is N#Cc1cc(F)cc(-c2ccc(Cl)cc2CNC2CC2)c1. The van der Waals surface area contributed by atoms with E-state index in [2.05, 4.69) is 5.32 Å². The Bertz CT molecular complexity index is 717. The van der Waals surface area contributed by atoms with Crippen molar-refractivity contribution in [1.82, 2.24) is 5.32 Å². The molecule has 0 aliphatic heterocycles. The number of nitrogens with one attached hydrogen (secondary N) is 1. The van der Waals surface area contributed by atoms with Crippen LogP contribution in [0.4, 0.5) is 4.39 Å². The van der Waals surface area contributed by atoms with Gasteiger partial charge in [0.25, 0.3) is 0 Å². The second-order valence-electron chi connectivity index (χ2n) is 5.30. The van der Waals surface area contributed by atoms with Crippen LogP contribution in [0.5, 0.6) is 0 Å². The normalized spacial score (nSPS) is 14.0. The summed E-state index contributed by atoms with van der Waals surface area (Å²) in [5, 5.41) is 13.1. The summed E-state index contributed by atoms with van der Waals surface area (Å²) in [6, 6.07) is 12.5. The third-order valence-corrected chi connectivity index (χ3v) is 3.80. The first-order valence-corrected chi connectivity index (χ1v) is 7.26. The van der Waals surface area contributed by atoms with E-state index < -0.39 is 5.82 Å². The maximum atomic E-state index is 13.6. The van der Waals surface area contributed by atoms with Gasteiger partial charge in [0.1, 0.15) is 5.82 Å². The van der Waals surface area contributed by atoms with Crippen LogP contribution in [0.25, 0.3) is 11.1 Å². The third-order valence-electron chi connectivity index (χ3n) is 3.56. The van der Waals surface area contributed by atoms with Crippen LogP contribution in [-0.2, 0) is 6.54 Å². The van der Waals surface area contributed by atoms with E-state index in [-0.39, 0.29) is 0 Å². The molecule has 2 aromatic rings. The fourth-order valence-corrected chi connectivity index (χ4v) is 2.54. The molecule has 4 heteroatoms. The first-order chi connectivity index (χ1) is 10.2. The van der Waals surface area contributed by atoms with Gasteiger partial charge < -0.3 is 5.32 Å². The standard InChI is InChI=1S/C17H14ClFN2/c18-14-1-4-17(13(7-14)10-21-16-2-3-16)12-5-11(9-20)6-15(19)8-12/h1,4-8,16,21H,2-3,10H2. The predicted octanol–water partition coefficient (Wildman–Crippen LogP) is 4.27. The zero-order chi connectivity index (χ0) is 14.8. The average Bonchev–Trinajstić information content (AvgIpc) is 3.28. The molecule has 3 rings (SSSR count). The molecule has 0 amide bonds. The Labute approximate surface area is 128 Å². The number of hydrogen-bond acceptors (Lipinski definition) is 2. The quantitative estimate of drug-likeness (QED) is 0.915. The summed E-state index contributed by atoms with van der Waals surface area (Å²) in [4.78, 5) is 0. The topological polar surface area (TPSA) is 35.8 Å². The Morgan fingerprint density at radius 2 is 2.05 bits per heavy atom. The van der Waals surface area contributed by atoms with E-state index >= 15 is 0 Å². The molecule has 1 fully saturated rings. The lowest BCUT2D eigenvalue weighted by Gasteiger charge is -2.12. The molecule has 2 nitrogen and oxygen atoms in total. The van der Waals surface area contributed by atoms with Crippen molar-refractivity contribution >= 4 is 11.6 Å². The van der Waals surface area contributed by atoms with Crippen LogP contribution in [-0.4, -0.2) is 6.04 Å². The van der Waals surface area contributed by atoms with E-state index in [9.17, 15) is 4.39 Å². The molecular formula is C17H14ClFN2. The lowest BCUT2D eigenvalue weighted by molar-refractivity contribution is 0.628. The van der Waals surface area contributed by atoms with Crippen LogP contribution in [0, 0.1) is 17.1 Å². The Balaban J connectivity index is 2.00. The lowest BCUT2D eigenvalue weighted by atomic mass is 9.98. The van der Waals surface area contributed by atoms with Gasteiger partial charge in [0.15, 0.2) is 0 Å². The number of benzene rings is 2. The van der Waals surface area contributed by atoms with Crippen molar-refractivity contribution in [3.8, 4) is 17.2 Å². The summed E-state index contributed by atoms with van der Waals surface area (Å²) < 4.78 is 13.6. The molecule has 21 heavy (non-hydrogen) atoms. The van der Waals surface area contributed by atoms with Crippen molar-refractivity contribution in [3.05, 3.63) is 58.4 Å². The second kappa shape index (κ2) is 5.85. The van der Waals surface area contributed by atoms with E-state index in [1.807, 2.05) is 18.2 Å². The molecule has 0 radical (unpaired) electrons. The number of hydrogen-bond donors (Lipinski definition) is 1. The van der Waals surface area contributed by atoms with Crippen LogP contribution in [0.1, 0.15) is 24.0 Å². The molecule has 2 aromatic carbocycles. The van der Waals surface area contributed by atoms with Crippen molar-refractivity contribution in [3.63, 3.8) is 0 Å². The van der Waals surface area contributed by atoms with Crippen LogP contribution < -0.4 is 5.32 Å². The highest BCUT2D eigenvalue weighted by molar-refractivity contribution is 6.30. The minimum atomic E-state index is -0.403. The highest BCUT2D eigenvalue weighted by Crippen LogP contribution is 2.29. The van der Waals surface area contributed by atoms with E-state index in [1.165, 1.54) is 25.0 Å². The van der Waals surface area contributed by atoms with Gasteiger partial charge in [-0.1, -0.05) is 17.7 Å². The van der Waals surface area contributed by atoms with Crippen LogP contribution >= 0.6 is 11.6 Å². The molecule has 0 unspecified atom stereocenters. The van der Waals surface area contributed by atoms with Crippen molar-refractivity contribution in [2.45, 2.75) is 25.4 Å². The zero-order valence-electron chi connectivity index (χ0n) is 11.4. The molecule has 0 aromatic heterocycles. The van der Waals surface area contributed by atoms with Crippen LogP contribution in [0.3, 0.4) is 0 Å². The van der Waals surface area contributed by atoms with Gasteiger partial charge in [-0.3, -0.25) is 0 Å². The molecule has 1 aliphatic rings. The van der Waals surface area contributed by atoms with Crippen molar-refractivity contribution in [1.29, 1.82) is 5.26 Å². The van der Waals surface area contributed by atoms with Gasteiger partial charge in [0, 0.05) is 17.6 Å². The number of rotatable bonds is 4. The Kier molecular flexibility index (Phi) is 3.92. The summed E-state index contributed by atoms with van der Waals surface area (Å²) >= 11 is 6.07. The highest BCUT2D eigenvalue weighted by atomic mass is 35.5. The van der Waals surface area contributed by atoms with Crippen LogP contribution in [0.15, 0.2) is 36.4 Å². The molecular weight excluding hydrogens is 287 g/mol. The molecule has 0 atom stereocenters. The molecule has 1 saturated carbocycles. The fourth-order valence-electron chi connectivity index (χ4n) is 2.34. The zero-order valence-corrected chi connectivity index (χ0v) is 12.1. The van der Waals surface area contributed by atoms with E-state index in [1.54, 1.807) is 12.1 Å². The summed E-state index contributed by atoms with van der Waals surface area (Å²) in [6.45, 7) is 0.693. The maximum Gasteiger partial charge on any atom is 0.125 e. The molecule has 0 saturated heterocycles. The molecule has 1 aliphatic carbocycles. The molecule has 106 valence electrons. The Morgan fingerprint density at radius 3 is 2.76 bits per heavy atom. The van der Waals surface area contributed by atoms with Crippen molar-refractivity contribution in [2.75, 3.05) is 0 Å². The highest BCUT2D eigenvalue weighted by Gasteiger charge is 2.20. The molecule has 0 spiro atoms. The summed E-state index contributed by atoms with van der Waals surface area (Å²) in [6.07, 6.45) is 2.41. The van der Waals surface area contributed by atoms with Crippen LogP contribution in [0.2, 0.25) is 5.02 Å². The lowest BCUT2D eigenvalue weighted by Crippen LogP contribution is -2.15. The minimum Gasteiger partial charge on any atom is -0.310 e. The number of nitriles is 1. The molecule has 0 heterocycles. The van der Waals surface area contributed by atoms with Gasteiger partial charge in [0.05, 0.1) is 11.6 Å². The minimum absolute atomic E-state index is 0.320. The molecule has 0 bridgehead atoms. The first-order valence-electron chi connectivity index (χ1n) is 6.88. The van der Waals surface area contributed by atoms with Gasteiger partial charge in [-0.05, 0) is 59.9 Å². The fraction of sp³-hybridized carbons (Fsp3) is 0.235.